The first-order valence-corrected chi connectivity index (χ1v) is 13.4. The van der Waals surface area contributed by atoms with E-state index in [0.29, 0.717) is 31.1 Å². The van der Waals surface area contributed by atoms with Crippen LogP contribution in [-0.4, -0.2) is 51.0 Å². The number of rotatable bonds is 6. The Morgan fingerprint density at radius 2 is 1.58 bits per heavy atom. The molecule has 176 valence electrons. The van der Waals surface area contributed by atoms with Gasteiger partial charge in [0.2, 0.25) is 10.0 Å². The van der Waals surface area contributed by atoms with Gasteiger partial charge in [0.15, 0.2) is 5.13 Å². The van der Waals surface area contributed by atoms with Crippen LogP contribution in [0.2, 0.25) is 0 Å². The summed E-state index contributed by atoms with van der Waals surface area (Å²) in [4.78, 5) is 7.48. The Balaban J connectivity index is 1.44. The number of ether oxygens (including phenoxy) is 1. The highest BCUT2D eigenvalue weighted by Crippen LogP contribution is 2.30. The lowest BCUT2D eigenvalue weighted by molar-refractivity contribution is 0.384. The molecule has 1 fully saturated rings. The molecule has 0 bridgehead atoms. The lowest BCUT2D eigenvalue weighted by Crippen LogP contribution is -2.49. The van der Waals surface area contributed by atoms with Crippen LogP contribution in [-0.2, 0) is 16.4 Å². The number of hydrogen-bond donors (Lipinski definition) is 0. The van der Waals surface area contributed by atoms with Crippen LogP contribution in [0.1, 0.15) is 33.5 Å². The number of anilines is 1. The minimum atomic E-state index is -3.54. The topological polar surface area (TPSA) is 62.7 Å². The molecule has 8 heteroatoms. The number of aromatic nitrogens is 1. The Morgan fingerprint density at radius 1 is 0.970 bits per heavy atom. The van der Waals surface area contributed by atoms with Crippen LogP contribution in [0.4, 0.5) is 5.13 Å². The van der Waals surface area contributed by atoms with Gasteiger partial charge in [-0.3, -0.25) is 0 Å². The summed E-state index contributed by atoms with van der Waals surface area (Å²) in [5.41, 5.74) is 5.94. The van der Waals surface area contributed by atoms with Gasteiger partial charge in [-0.25, -0.2) is 13.4 Å². The van der Waals surface area contributed by atoms with Crippen molar-refractivity contribution in [2.75, 3.05) is 38.2 Å². The highest BCUT2D eigenvalue weighted by atomic mass is 32.2. The molecule has 1 aliphatic rings. The zero-order chi connectivity index (χ0) is 23.8. The van der Waals surface area contributed by atoms with Gasteiger partial charge in [0.1, 0.15) is 5.75 Å². The van der Waals surface area contributed by atoms with E-state index in [0.717, 1.165) is 45.2 Å². The van der Waals surface area contributed by atoms with Gasteiger partial charge >= 0.3 is 0 Å². The SMILES string of the molecule is COc1ccc(Cc2csc(N3CCN(S(=O)(=O)c4c(C)c(C)cc(C)c4C)CC3)n2)cc1. The molecule has 0 unspecified atom stereocenters. The maximum absolute atomic E-state index is 13.5. The van der Waals surface area contributed by atoms with Crippen LogP contribution < -0.4 is 9.64 Å². The van der Waals surface area contributed by atoms with E-state index in [1.54, 1.807) is 22.8 Å². The van der Waals surface area contributed by atoms with E-state index < -0.39 is 10.0 Å². The third kappa shape index (κ3) is 4.78. The molecule has 0 spiro atoms. The number of sulfonamides is 1. The summed E-state index contributed by atoms with van der Waals surface area (Å²) >= 11 is 1.62. The van der Waals surface area contributed by atoms with Crippen molar-refractivity contribution in [2.24, 2.45) is 0 Å². The quantitative estimate of drug-likeness (QED) is 0.515. The molecule has 4 rings (SSSR count). The molecule has 6 nitrogen and oxygen atoms in total. The minimum absolute atomic E-state index is 0.460. The maximum atomic E-state index is 13.5. The molecule has 0 N–H and O–H groups in total. The number of aryl methyl sites for hydroxylation is 2. The summed E-state index contributed by atoms with van der Waals surface area (Å²) in [6.07, 6.45) is 0.764. The van der Waals surface area contributed by atoms with Crippen molar-refractivity contribution in [3.8, 4) is 5.75 Å². The first-order valence-electron chi connectivity index (χ1n) is 11.1. The van der Waals surface area contributed by atoms with Gasteiger partial charge in [-0.15, -0.1) is 11.3 Å². The van der Waals surface area contributed by atoms with Crippen LogP contribution in [0.15, 0.2) is 40.6 Å². The van der Waals surface area contributed by atoms with Gasteiger partial charge in [-0.05, 0) is 67.6 Å². The highest BCUT2D eigenvalue weighted by molar-refractivity contribution is 7.89. The lowest BCUT2D eigenvalue weighted by Gasteiger charge is -2.34. The molecule has 1 aromatic heterocycles. The van der Waals surface area contributed by atoms with Gasteiger partial charge in [0.25, 0.3) is 0 Å². The first-order chi connectivity index (χ1) is 15.7. The smallest absolute Gasteiger partial charge is 0.243 e. The van der Waals surface area contributed by atoms with Crippen LogP contribution in [0.25, 0.3) is 0 Å². The Morgan fingerprint density at radius 3 is 2.15 bits per heavy atom. The predicted molar refractivity (Wildman–Crippen MR) is 134 cm³/mol. The average molecular weight is 486 g/mol. The fourth-order valence-corrected chi connectivity index (χ4v) is 7.17. The molecule has 0 radical (unpaired) electrons. The summed E-state index contributed by atoms with van der Waals surface area (Å²) in [6.45, 7) is 9.96. The molecular formula is C25H31N3O3S2. The van der Waals surface area contributed by atoms with E-state index in [1.807, 2.05) is 39.8 Å². The average Bonchev–Trinajstić information content (AvgIpc) is 3.27. The lowest BCUT2D eigenvalue weighted by atomic mass is 10.0. The minimum Gasteiger partial charge on any atom is -0.497 e. The highest BCUT2D eigenvalue weighted by Gasteiger charge is 2.32. The van der Waals surface area contributed by atoms with Gasteiger partial charge in [-0.1, -0.05) is 18.2 Å². The number of methoxy groups -OCH3 is 1. The van der Waals surface area contributed by atoms with Crippen molar-refractivity contribution in [1.29, 1.82) is 0 Å². The number of piperazine rings is 1. The monoisotopic (exact) mass is 485 g/mol. The predicted octanol–water partition coefficient (Wildman–Crippen LogP) is 4.49. The number of hydrogen-bond acceptors (Lipinski definition) is 6. The van der Waals surface area contributed by atoms with Gasteiger partial charge in [0, 0.05) is 38.0 Å². The number of thiazole rings is 1. The van der Waals surface area contributed by atoms with Gasteiger partial charge in [0.05, 0.1) is 17.7 Å². The van der Waals surface area contributed by atoms with Crippen molar-refractivity contribution in [2.45, 2.75) is 39.0 Å². The van der Waals surface area contributed by atoms with Crippen molar-refractivity contribution in [3.63, 3.8) is 0 Å². The molecule has 2 heterocycles. The van der Waals surface area contributed by atoms with E-state index >= 15 is 0 Å². The Labute approximate surface area is 200 Å². The molecule has 1 aliphatic heterocycles. The second-order valence-electron chi connectivity index (χ2n) is 8.63. The summed E-state index contributed by atoms with van der Waals surface area (Å²) < 4.78 is 33.9. The summed E-state index contributed by atoms with van der Waals surface area (Å²) in [6, 6.07) is 10.1. The Hall–Kier alpha value is -2.42. The Bertz CT molecular complexity index is 1220. The zero-order valence-corrected chi connectivity index (χ0v) is 21.5. The van der Waals surface area contributed by atoms with Gasteiger partial charge < -0.3 is 9.64 Å². The van der Waals surface area contributed by atoms with Crippen LogP contribution in [0.3, 0.4) is 0 Å². The second kappa shape index (κ2) is 9.44. The largest absolute Gasteiger partial charge is 0.497 e. The van der Waals surface area contributed by atoms with E-state index in [2.05, 4.69) is 28.5 Å². The molecule has 0 saturated carbocycles. The summed E-state index contributed by atoms with van der Waals surface area (Å²) in [5, 5.41) is 3.04. The van der Waals surface area contributed by atoms with Crippen molar-refractivity contribution in [1.82, 2.24) is 9.29 Å². The van der Waals surface area contributed by atoms with E-state index in [-0.39, 0.29) is 0 Å². The maximum Gasteiger partial charge on any atom is 0.243 e. The molecule has 0 amide bonds. The van der Waals surface area contributed by atoms with Crippen LogP contribution in [0, 0.1) is 27.7 Å². The third-order valence-corrected chi connectivity index (χ3v) is 9.61. The molecule has 0 atom stereocenters. The standard InChI is InChI=1S/C25H31N3O3S2/c1-17-14-18(2)20(4)24(19(17)3)33(29,30)28-12-10-27(11-13-28)25-26-22(16-32-25)15-21-6-8-23(31-5)9-7-21/h6-9,14,16H,10-13,15H2,1-5H3. The first kappa shape index (κ1) is 23.7. The molecule has 33 heavy (non-hydrogen) atoms. The van der Waals surface area contributed by atoms with Crippen LogP contribution >= 0.6 is 11.3 Å². The van der Waals surface area contributed by atoms with E-state index in [4.69, 9.17) is 9.72 Å². The molecule has 1 saturated heterocycles. The fraction of sp³-hybridized carbons (Fsp3) is 0.400. The fourth-order valence-electron chi connectivity index (χ4n) is 4.29. The summed E-state index contributed by atoms with van der Waals surface area (Å²) in [7, 11) is -1.87. The van der Waals surface area contributed by atoms with E-state index in [9.17, 15) is 8.42 Å². The molecule has 3 aromatic rings. The van der Waals surface area contributed by atoms with Gasteiger partial charge in [-0.2, -0.15) is 4.31 Å². The molecular weight excluding hydrogens is 454 g/mol. The molecule has 2 aromatic carbocycles. The van der Waals surface area contributed by atoms with Crippen molar-refractivity contribution in [3.05, 3.63) is 69.2 Å². The summed E-state index contributed by atoms with van der Waals surface area (Å²) in [5.74, 6) is 0.844. The van der Waals surface area contributed by atoms with Crippen molar-refractivity contribution >= 4 is 26.5 Å². The zero-order valence-electron chi connectivity index (χ0n) is 19.9. The normalized spacial score (nSPS) is 15.1. The third-order valence-electron chi connectivity index (χ3n) is 6.49. The number of benzene rings is 2. The van der Waals surface area contributed by atoms with Crippen LogP contribution in [0.5, 0.6) is 5.75 Å². The molecule has 0 aliphatic carbocycles. The van der Waals surface area contributed by atoms with Crippen molar-refractivity contribution < 1.29 is 13.2 Å². The van der Waals surface area contributed by atoms with E-state index in [1.165, 1.54) is 5.56 Å². The second-order valence-corrected chi connectivity index (χ2v) is 11.3. The number of nitrogens with zero attached hydrogens (tertiary/aromatic N) is 3. The Kier molecular flexibility index (Phi) is 6.79.